The molecule has 2 aromatic heterocycles. The van der Waals surface area contributed by atoms with Crippen LogP contribution in [-0.2, 0) is 0 Å². The van der Waals surface area contributed by atoms with E-state index in [1.807, 2.05) is 0 Å². The maximum Gasteiger partial charge on any atom is 0.257 e. The van der Waals surface area contributed by atoms with Crippen molar-refractivity contribution in [1.29, 1.82) is 0 Å². The molecule has 0 radical (unpaired) electrons. The summed E-state index contributed by atoms with van der Waals surface area (Å²) < 4.78 is 5.73. The van der Waals surface area contributed by atoms with E-state index < -0.39 is 5.91 Å². The highest BCUT2D eigenvalue weighted by atomic mass is 35.5. The van der Waals surface area contributed by atoms with Crippen molar-refractivity contribution in [2.24, 2.45) is 0 Å². The minimum absolute atomic E-state index is 0.0596. The molecule has 0 atom stereocenters. The monoisotopic (exact) mass is 476 g/mol. The zero-order chi connectivity index (χ0) is 21.3. The number of nitrogens with zero attached hydrogens (tertiary/aromatic N) is 2. The predicted octanol–water partition coefficient (Wildman–Crippen LogP) is 5.98. The Morgan fingerprint density at radius 3 is 2.57 bits per heavy atom. The molecule has 2 heterocycles. The molecule has 0 aliphatic carbocycles. The number of thiocarbonyl (C=S) groups is 1. The fourth-order valence-corrected chi connectivity index (χ4v) is 3.28. The Morgan fingerprint density at radius 2 is 1.80 bits per heavy atom. The molecule has 0 spiro atoms. The van der Waals surface area contributed by atoms with Gasteiger partial charge in [0.05, 0.1) is 20.8 Å². The normalized spacial score (nSPS) is 10.8. The van der Waals surface area contributed by atoms with Gasteiger partial charge in [-0.25, -0.2) is 4.98 Å². The first-order chi connectivity index (χ1) is 14.4. The van der Waals surface area contributed by atoms with E-state index in [2.05, 4.69) is 20.6 Å². The fourth-order valence-electron chi connectivity index (χ4n) is 2.61. The van der Waals surface area contributed by atoms with Crippen LogP contribution in [0.3, 0.4) is 0 Å². The smallest absolute Gasteiger partial charge is 0.257 e. The van der Waals surface area contributed by atoms with Crippen LogP contribution in [0.15, 0.2) is 59.1 Å². The van der Waals surface area contributed by atoms with Crippen LogP contribution in [0.25, 0.3) is 22.7 Å². The van der Waals surface area contributed by atoms with Crippen molar-refractivity contribution in [2.75, 3.05) is 5.32 Å². The second kappa shape index (κ2) is 8.57. The second-order valence-corrected chi connectivity index (χ2v) is 7.71. The second-order valence-electron chi connectivity index (χ2n) is 6.08. The Hall–Kier alpha value is -2.71. The van der Waals surface area contributed by atoms with Gasteiger partial charge in [-0.15, -0.1) is 0 Å². The molecule has 0 aliphatic heterocycles. The number of hydrogen-bond donors (Lipinski definition) is 2. The third kappa shape index (κ3) is 4.39. The zero-order valence-electron chi connectivity index (χ0n) is 14.9. The minimum Gasteiger partial charge on any atom is -0.434 e. The van der Waals surface area contributed by atoms with E-state index >= 15 is 0 Å². The van der Waals surface area contributed by atoms with Crippen LogP contribution >= 0.6 is 47.0 Å². The number of fused-ring (bicyclic) bond motifs is 1. The van der Waals surface area contributed by atoms with Crippen LogP contribution in [-0.4, -0.2) is 21.0 Å². The summed E-state index contributed by atoms with van der Waals surface area (Å²) in [5.74, 6) is -0.0578. The van der Waals surface area contributed by atoms with Crippen LogP contribution in [0.2, 0.25) is 15.1 Å². The summed E-state index contributed by atoms with van der Waals surface area (Å²) >= 11 is 23.3. The van der Waals surface area contributed by atoms with Gasteiger partial charge in [0.1, 0.15) is 0 Å². The van der Waals surface area contributed by atoms with E-state index in [1.165, 1.54) is 12.1 Å². The summed E-state index contributed by atoms with van der Waals surface area (Å²) in [6.45, 7) is 0. The van der Waals surface area contributed by atoms with Crippen molar-refractivity contribution in [3.8, 4) is 11.5 Å². The Kier molecular flexibility index (Phi) is 5.87. The largest absolute Gasteiger partial charge is 0.434 e. The van der Waals surface area contributed by atoms with Gasteiger partial charge in [-0.3, -0.25) is 10.1 Å². The third-order valence-corrected chi connectivity index (χ3v) is 5.31. The molecule has 30 heavy (non-hydrogen) atoms. The van der Waals surface area contributed by atoms with Crippen molar-refractivity contribution in [3.63, 3.8) is 0 Å². The highest BCUT2D eigenvalue weighted by Gasteiger charge is 2.14. The van der Waals surface area contributed by atoms with E-state index in [4.69, 9.17) is 51.4 Å². The predicted molar refractivity (Wildman–Crippen MR) is 122 cm³/mol. The molecule has 4 aromatic rings. The molecule has 0 saturated carbocycles. The Labute approximate surface area is 191 Å². The maximum atomic E-state index is 12.4. The molecule has 150 valence electrons. The highest BCUT2D eigenvalue weighted by Crippen LogP contribution is 2.30. The van der Waals surface area contributed by atoms with E-state index in [-0.39, 0.29) is 10.1 Å². The van der Waals surface area contributed by atoms with Crippen LogP contribution in [0.4, 0.5) is 5.69 Å². The Morgan fingerprint density at radius 1 is 1.00 bits per heavy atom. The molecule has 0 bridgehead atoms. The summed E-state index contributed by atoms with van der Waals surface area (Å²) in [5, 5.41) is 6.56. The first kappa shape index (κ1) is 20.6. The number of nitrogens with one attached hydrogen (secondary N) is 2. The first-order valence-electron chi connectivity index (χ1n) is 8.49. The molecule has 0 aliphatic rings. The lowest BCUT2D eigenvalue weighted by molar-refractivity contribution is 0.0977. The van der Waals surface area contributed by atoms with Gasteiger partial charge in [-0.1, -0.05) is 34.8 Å². The summed E-state index contributed by atoms with van der Waals surface area (Å²) in [4.78, 5) is 20.9. The van der Waals surface area contributed by atoms with Gasteiger partial charge in [-0.05, 0) is 60.7 Å². The number of anilines is 1. The van der Waals surface area contributed by atoms with Gasteiger partial charge < -0.3 is 9.73 Å². The molecule has 2 N–H and O–H groups in total. The lowest BCUT2D eigenvalue weighted by Crippen LogP contribution is -2.34. The number of aromatic nitrogens is 2. The number of oxazole rings is 1. The number of pyridine rings is 1. The van der Waals surface area contributed by atoms with Gasteiger partial charge in [0.2, 0.25) is 5.89 Å². The minimum atomic E-state index is -0.441. The molecule has 0 unspecified atom stereocenters. The standard InChI is InChI=1S/C20H11Cl3N4O2S/c21-12-5-3-10(8-14(12)23)18(28)27-20(30)25-15-9-11(4-6-13(15)22)19-26-17-16(29-19)2-1-7-24-17/h1-9H,(H2,25,27,28,30). The van der Waals surface area contributed by atoms with E-state index in [0.717, 1.165) is 0 Å². The molecular formula is C20H11Cl3N4O2S. The van der Waals surface area contributed by atoms with Crippen molar-refractivity contribution < 1.29 is 9.21 Å². The molecule has 0 fully saturated rings. The summed E-state index contributed by atoms with van der Waals surface area (Å²) in [7, 11) is 0. The van der Waals surface area contributed by atoms with Crippen LogP contribution in [0, 0.1) is 0 Å². The Bertz CT molecular complexity index is 1260. The number of hydrogen-bond acceptors (Lipinski definition) is 5. The van der Waals surface area contributed by atoms with Gasteiger partial charge >= 0.3 is 0 Å². The number of benzene rings is 2. The molecule has 6 nitrogen and oxygen atoms in total. The van der Waals surface area contributed by atoms with Crippen LogP contribution in [0.1, 0.15) is 10.4 Å². The molecular weight excluding hydrogens is 467 g/mol. The summed E-state index contributed by atoms with van der Waals surface area (Å²) in [6, 6.07) is 13.2. The van der Waals surface area contributed by atoms with E-state index in [0.29, 0.717) is 44.0 Å². The lowest BCUT2D eigenvalue weighted by Gasteiger charge is -2.12. The van der Waals surface area contributed by atoms with Gasteiger partial charge in [0.25, 0.3) is 5.91 Å². The number of rotatable bonds is 3. The van der Waals surface area contributed by atoms with Crippen LogP contribution < -0.4 is 10.6 Å². The molecule has 1 amide bonds. The highest BCUT2D eigenvalue weighted by molar-refractivity contribution is 7.80. The number of amides is 1. The molecule has 4 rings (SSSR count). The average Bonchev–Trinajstić information content (AvgIpc) is 3.16. The van der Waals surface area contributed by atoms with Gasteiger partial charge in [-0.2, -0.15) is 4.98 Å². The molecule has 2 aromatic carbocycles. The van der Waals surface area contributed by atoms with Crippen molar-refractivity contribution in [3.05, 3.63) is 75.4 Å². The SMILES string of the molecule is O=C(NC(=S)Nc1cc(-c2nc3ncccc3o2)ccc1Cl)c1ccc(Cl)c(Cl)c1. The Balaban J connectivity index is 1.52. The number of carbonyl (C=O) groups is 1. The number of halogens is 3. The fraction of sp³-hybridized carbons (Fsp3) is 0. The zero-order valence-corrected chi connectivity index (χ0v) is 18.0. The molecule has 10 heteroatoms. The summed E-state index contributed by atoms with van der Waals surface area (Å²) in [5.41, 5.74) is 2.53. The van der Waals surface area contributed by atoms with Crippen molar-refractivity contribution >= 4 is 75.0 Å². The van der Waals surface area contributed by atoms with E-state index in [9.17, 15) is 4.79 Å². The average molecular weight is 478 g/mol. The number of carbonyl (C=O) groups excluding carboxylic acids is 1. The third-order valence-electron chi connectivity index (χ3n) is 4.04. The molecule has 0 saturated heterocycles. The first-order valence-corrected chi connectivity index (χ1v) is 10.0. The van der Waals surface area contributed by atoms with Crippen molar-refractivity contribution in [1.82, 2.24) is 15.3 Å². The van der Waals surface area contributed by atoms with E-state index in [1.54, 1.807) is 42.6 Å². The van der Waals surface area contributed by atoms with Crippen molar-refractivity contribution in [2.45, 2.75) is 0 Å². The lowest BCUT2D eigenvalue weighted by atomic mass is 10.2. The maximum absolute atomic E-state index is 12.4. The summed E-state index contributed by atoms with van der Waals surface area (Å²) in [6.07, 6.45) is 1.64. The van der Waals surface area contributed by atoms with Crippen LogP contribution in [0.5, 0.6) is 0 Å². The van der Waals surface area contributed by atoms with Gasteiger partial charge in [0, 0.05) is 17.3 Å². The van der Waals surface area contributed by atoms with Gasteiger partial charge in [0.15, 0.2) is 16.3 Å². The topological polar surface area (TPSA) is 80.0 Å². The quantitative estimate of drug-likeness (QED) is 0.354.